The van der Waals surface area contributed by atoms with Gasteiger partial charge in [0.25, 0.3) is 0 Å². The molecule has 0 bridgehead atoms. The van der Waals surface area contributed by atoms with Crippen LogP contribution in [0.15, 0.2) is 47.6 Å². The number of nitrogens with zero attached hydrogens (tertiary/aromatic N) is 4. The van der Waals surface area contributed by atoms with E-state index in [9.17, 15) is 26.4 Å². The molecule has 1 unspecified atom stereocenters. The molecule has 0 radical (unpaired) electrons. The number of hydrogen-bond acceptors (Lipinski definition) is 6. The molecule has 1 aromatic heterocycles. The smallest absolute Gasteiger partial charge is 0.368 e. The summed E-state index contributed by atoms with van der Waals surface area (Å²) in [5, 5.41) is 11.4. The molecular formula is C19H18F3N5O3S. The normalized spacial score (nSPS) is 17.8. The number of benzene rings is 1. The first-order valence-electron chi connectivity index (χ1n) is 9.09. The number of nitriles is 1. The lowest BCUT2D eigenvalue weighted by Gasteiger charge is -2.40. The molecule has 164 valence electrons. The summed E-state index contributed by atoms with van der Waals surface area (Å²) in [7, 11) is -2.71. The Kier molecular flexibility index (Phi) is 6.19. The largest absolute Gasteiger partial charge is 0.417 e. The van der Waals surface area contributed by atoms with Crippen LogP contribution in [-0.4, -0.2) is 56.3 Å². The SMILES string of the molecule is CNC(=O)C1CN(c2ccc(C#N)c(C(F)(F)F)c2)CCN1S(=O)(=O)c1cccnc1. The van der Waals surface area contributed by atoms with Crippen LogP contribution in [0.3, 0.4) is 0 Å². The van der Waals surface area contributed by atoms with Gasteiger partial charge in [-0.25, -0.2) is 8.42 Å². The number of sulfonamides is 1. The molecule has 1 aromatic carbocycles. The minimum absolute atomic E-state index is 0.0518. The third-order valence-corrected chi connectivity index (χ3v) is 6.81. The highest BCUT2D eigenvalue weighted by Crippen LogP contribution is 2.35. The van der Waals surface area contributed by atoms with E-state index in [1.54, 1.807) is 0 Å². The van der Waals surface area contributed by atoms with Crippen molar-refractivity contribution in [2.75, 3.05) is 31.6 Å². The summed E-state index contributed by atoms with van der Waals surface area (Å²) in [4.78, 5) is 17.7. The second kappa shape index (κ2) is 8.52. The minimum Gasteiger partial charge on any atom is -0.368 e. The van der Waals surface area contributed by atoms with Gasteiger partial charge in [0.15, 0.2) is 0 Å². The number of alkyl halides is 3. The summed E-state index contributed by atoms with van der Waals surface area (Å²) in [6, 6.07) is 6.40. The van der Waals surface area contributed by atoms with Gasteiger partial charge < -0.3 is 10.2 Å². The second-order valence-corrected chi connectivity index (χ2v) is 8.61. The molecule has 1 saturated heterocycles. The number of pyridine rings is 1. The van der Waals surface area contributed by atoms with Gasteiger partial charge in [0, 0.05) is 44.8 Å². The Labute approximate surface area is 177 Å². The molecule has 31 heavy (non-hydrogen) atoms. The molecule has 0 saturated carbocycles. The van der Waals surface area contributed by atoms with Crippen LogP contribution in [0.25, 0.3) is 0 Å². The van der Waals surface area contributed by atoms with E-state index in [1.807, 2.05) is 0 Å². The summed E-state index contributed by atoms with van der Waals surface area (Å²) >= 11 is 0. The highest BCUT2D eigenvalue weighted by molar-refractivity contribution is 7.89. The molecule has 3 rings (SSSR count). The Morgan fingerprint density at radius 3 is 2.61 bits per heavy atom. The third kappa shape index (κ3) is 4.47. The van der Waals surface area contributed by atoms with E-state index in [1.165, 1.54) is 48.6 Å². The Bertz CT molecular complexity index is 1120. The van der Waals surface area contributed by atoms with Gasteiger partial charge in [-0.05, 0) is 30.3 Å². The van der Waals surface area contributed by atoms with Crippen LogP contribution in [0.5, 0.6) is 0 Å². The van der Waals surface area contributed by atoms with E-state index in [2.05, 4.69) is 10.3 Å². The van der Waals surface area contributed by atoms with Gasteiger partial charge in [0.2, 0.25) is 15.9 Å². The van der Waals surface area contributed by atoms with E-state index in [-0.39, 0.29) is 30.2 Å². The molecule has 2 aromatic rings. The van der Waals surface area contributed by atoms with Gasteiger partial charge in [0.05, 0.1) is 17.2 Å². The van der Waals surface area contributed by atoms with Crippen LogP contribution >= 0.6 is 0 Å². The maximum atomic E-state index is 13.3. The van der Waals surface area contributed by atoms with Crippen LogP contribution in [0.4, 0.5) is 18.9 Å². The summed E-state index contributed by atoms with van der Waals surface area (Å²) < 4.78 is 67.0. The number of hydrogen-bond donors (Lipinski definition) is 1. The molecule has 1 aliphatic rings. The molecule has 12 heteroatoms. The fraction of sp³-hybridized carbons (Fsp3) is 0.316. The zero-order chi connectivity index (χ0) is 22.8. The molecule has 1 N–H and O–H groups in total. The molecule has 1 atom stereocenters. The highest BCUT2D eigenvalue weighted by atomic mass is 32.2. The van der Waals surface area contributed by atoms with Crippen molar-refractivity contribution in [2.24, 2.45) is 0 Å². The maximum absolute atomic E-state index is 13.3. The standard InChI is InChI=1S/C19H18F3N5O3S/c1-24-18(28)17-12-26(14-5-4-13(10-23)16(9-14)19(20,21)22)7-8-27(17)31(29,30)15-3-2-6-25-11-15/h2-6,9,11,17H,7-8,12H2,1H3,(H,24,28). The second-order valence-electron chi connectivity index (χ2n) is 6.72. The zero-order valence-electron chi connectivity index (χ0n) is 16.3. The van der Waals surface area contributed by atoms with Crippen LogP contribution in [-0.2, 0) is 21.0 Å². The molecular weight excluding hydrogens is 435 g/mol. The third-order valence-electron chi connectivity index (χ3n) is 4.92. The van der Waals surface area contributed by atoms with Crippen molar-refractivity contribution in [1.82, 2.24) is 14.6 Å². The number of nitrogens with one attached hydrogen (secondary N) is 1. The number of piperazine rings is 1. The topological polar surface area (TPSA) is 106 Å². The van der Waals surface area contributed by atoms with Gasteiger partial charge in [-0.15, -0.1) is 0 Å². The fourth-order valence-electron chi connectivity index (χ4n) is 3.36. The van der Waals surface area contributed by atoms with Crippen molar-refractivity contribution in [1.29, 1.82) is 5.26 Å². The first kappa shape index (κ1) is 22.5. The Morgan fingerprint density at radius 1 is 1.29 bits per heavy atom. The van der Waals surface area contributed by atoms with E-state index in [4.69, 9.17) is 5.26 Å². The van der Waals surface area contributed by atoms with E-state index in [0.717, 1.165) is 16.4 Å². The number of halogens is 3. The lowest BCUT2D eigenvalue weighted by atomic mass is 10.1. The predicted octanol–water partition coefficient (Wildman–Crippen LogP) is 1.60. The average molecular weight is 453 g/mol. The molecule has 2 heterocycles. The van der Waals surface area contributed by atoms with Gasteiger partial charge >= 0.3 is 6.18 Å². The van der Waals surface area contributed by atoms with Crippen molar-refractivity contribution in [3.63, 3.8) is 0 Å². The van der Waals surface area contributed by atoms with Crippen molar-refractivity contribution in [2.45, 2.75) is 17.1 Å². The van der Waals surface area contributed by atoms with Crippen molar-refractivity contribution < 1.29 is 26.4 Å². The van der Waals surface area contributed by atoms with Crippen LogP contribution in [0.2, 0.25) is 0 Å². The number of likely N-dealkylation sites (N-methyl/N-ethyl adjacent to an activating group) is 1. The van der Waals surface area contributed by atoms with E-state index >= 15 is 0 Å². The summed E-state index contributed by atoms with van der Waals surface area (Å²) in [6.45, 7) is -0.241. The zero-order valence-corrected chi connectivity index (χ0v) is 17.1. The first-order chi connectivity index (χ1) is 14.6. The van der Waals surface area contributed by atoms with Crippen molar-refractivity contribution >= 4 is 21.6 Å². The maximum Gasteiger partial charge on any atom is 0.417 e. The lowest BCUT2D eigenvalue weighted by molar-refractivity contribution is -0.137. The van der Waals surface area contributed by atoms with Crippen molar-refractivity contribution in [3.8, 4) is 6.07 Å². The molecule has 1 amide bonds. The average Bonchev–Trinajstić information content (AvgIpc) is 2.77. The van der Waals surface area contributed by atoms with Crippen molar-refractivity contribution in [3.05, 3.63) is 53.9 Å². The number of anilines is 1. The van der Waals surface area contributed by atoms with Gasteiger partial charge in [0.1, 0.15) is 10.9 Å². The fourth-order valence-corrected chi connectivity index (χ4v) is 4.90. The highest BCUT2D eigenvalue weighted by Gasteiger charge is 2.41. The monoisotopic (exact) mass is 453 g/mol. The minimum atomic E-state index is -4.73. The first-order valence-corrected chi connectivity index (χ1v) is 10.5. The summed E-state index contributed by atoms with van der Waals surface area (Å²) in [6.07, 6.45) is -2.15. The summed E-state index contributed by atoms with van der Waals surface area (Å²) in [5.74, 6) is -0.596. The number of amides is 1. The molecule has 1 fully saturated rings. The molecule has 8 nitrogen and oxygen atoms in total. The van der Waals surface area contributed by atoms with Gasteiger partial charge in [-0.1, -0.05) is 0 Å². The number of aromatic nitrogens is 1. The Morgan fingerprint density at radius 2 is 2.03 bits per heavy atom. The van der Waals surface area contributed by atoms with Crippen LogP contribution in [0.1, 0.15) is 11.1 Å². The Balaban J connectivity index is 1.96. The quantitative estimate of drug-likeness (QED) is 0.754. The summed E-state index contributed by atoms with van der Waals surface area (Å²) in [5.41, 5.74) is -1.47. The number of rotatable bonds is 4. The van der Waals surface area contributed by atoms with Gasteiger partial charge in [-0.3, -0.25) is 9.78 Å². The molecule has 1 aliphatic heterocycles. The predicted molar refractivity (Wildman–Crippen MR) is 104 cm³/mol. The number of carbonyl (C=O) groups is 1. The molecule has 0 spiro atoms. The molecule has 0 aliphatic carbocycles. The van der Waals surface area contributed by atoms with Gasteiger partial charge in [-0.2, -0.15) is 22.7 Å². The van der Waals surface area contributed by atoms with E-state index in [0.29, 0.717) is 0 Å². The van der Waals surface area contributed by atoms with Crippen LogP contribution < -0.4 is 10.2 Å². The van der Waals surface area contributed by atoms with E-state index < -0.39 is 39.3 Å². The van der Waals surface area contributed by atoms with Crippen LogP contribution in [0, 0.1) is 11.3 Å². The Hall–Kier alpha value is -3.17. The lowest BCUT2D eigenvalue weighted by Crippen LogP contribution is -2.60. The number of carbonyl (C=O) groups excluding carboxylic acids is 1.